The van der Waals surface area contributed by atoms with Crippen LogP contribution in [0, 0.1) is 0 Å². The first-order valence-electron chi connectivity index (χ1n) is 9.25. The van der Waals surface area contributed by atoms with Crippen LogP contribution in [-0.4, -0.2) is 47.3 Å². The van der Waals surface area contributed by atoms with Crippen molar-refractivity contribution in [2.45, 2.75) is 31.2 Å². The van der Waals surface area contributed by atoms with E-state index in [0.717, 1.165) is 35.3 Å². The molecular weight excluding hydrogens is 342 g/mol. The Morgan fingerprint density at radius 3 is 2.59 bits per heavy atom. The summed E-state index contributed by atoms with van der Waals surface area (Å²) in [6.07, 6.45) is 6.44. The van der Waals surface area contributed by atoms with Crippen molar-refractivity contribution >= 4 is 17.8 Å². The van der Waals surface area contributed by atoms with Gasteiger partial charge in [0, 0.05) is 13.1 Å². The number of amides is 4. The van der Waals surface area contributed by atoms with Crippen LogP contribution in [-0.2, 0) is 21.5 Å². The molecule has 0 unspecified atom stereocenters. The summed E-state index contributed by atoms with van der Waals surface area (Å²) >= 11 is 0. The highest BCUT2D eigenvalue weighted by molar-refractivity contribution is 6.09. The Labute approximate surface area is 159 Å². The molecule has 1 saturated heterocycles. The molecule has 1 fully saturated rings. The minimum atomic E-state index is -1.06. The zero-order valence-electron chi connectivity index (χ0n) is 15.4. The number of hydrogen-bond acceptors (Lipinski definition) is 3. The summed E-state index contributed by atoms with van der Waals surface area (Å²) in [5.74, 6) is -0.649. The van der Waals surface area contributed by atoms with Gasteiger partial charge in [0.2, 0.25) is 5.91 Å². The van der Waals surface area contributed by atoms with Gasteiger partial charge in [-0.25, -0.2) is 4.79 Å². The number of imide groups is 1. The molecule has 6 nitrogen and oxygen atoms in total. The average molecular weight is 367 g/mol. The first kappa shape index (κ1) is 18.9. The molecule has 3 rings (SSSR count). The van der Waals surface area contributed by atoms with Crippen molar-refractivity contribution in [1.29, 1.82) is 0 Å². The van der Waals surface area contributed by atoms with E-state index >= 15 is 0 Å². The number of nitrogens with one attached hydrogen (secondary N) is 1. The second kappa shape index (κ2) is 7.78. The van der Waals surface area contributed by atoms with Gasteiger partial charge in [-0.2, -0.15) is 0 Å². The van der Waals surface area contributed by atoms with Crippen LogP contribution in [0.2, 0.25) is 0 Å². The maximum Gasteiger partial charge on any atom is 0.325 e. The third kappa shape index (κ3) is 3.39. The van der Waals surface area contributed by atoms with E-state index in [1.807, 2.05) is 24.3 Å². The summed E-state index contributed by atoms with van der Waals surface area (Å²) in [6.45, 7) is 7.68. The van der Waals surface area contributed by atoms with Crippen LogP contribution in [0.3, 0.4) is 0 Å². The van der Waals surface area contributed by atoms with Crippen molar-refractivity contribution < 1.29 is 14.4 Å². The molecule has 0 radical (unpaired) electrons. The molecule has 0 bridgehead atoms. The van der Waals surface area contributed by atoms with E-state index in [4.69, 9.17) is 0 Å². The molecule has 0 aromatic heterocycles. The molecule has 142 valence electrons. The normalized spacial score (nSPS) is 21.4. The largest absolute Gasteiger partial charge is 0.334 e. The molecule has 1 N–H and O–H groups in total. The quantitative estimate of drug-likeness (QED) is 0.620. The van der Waals surface area contributed by atoms with E-state index in [1.165, 1.54) is 4.90 Å². The van der Waals surface area contributed by atoms with Gasteiger partial charge in [-0.05, 0) is 36.8 Å². The predicted octanol–water partition coefficient (Wildman–Crippen LogP) is 2.36. The number of carbonyl (C=O) groups is 3. The topological polar surface area (TPSA) is 69.7 Å². The minimum Gasteiger partial charge on any atom is -0.334 e. The van der Waals surface area contributed by atoms with Crippen molar-refractivity contribution in [2.75, 3.05) is 19.6 Å². The molecule has 1 spiro atoms. The van der Waals surface area contributed by atoms with Crippen LogP contribution in [0.4, 0.5) is 4.79 Å². The highest BCUT2D eigenvalue weighted by Crippen LogP contribution is 2.38. The van der Waals surface area contributed by atoms with Crippen LogP contribution in [0.25, 0.3) is 0 Å². The molecule has 4 amide bonds. The maximum atomic E-state index is 13.3. The van der Waals surface area contributed by atoms with Gasteiger partial charge in [-0.3, -0.25) is 14.5 Å². The number of benzene rings is 1. The molecule has 1 aliphatic carbocycles. The molecule has 1 aromatic carbocycles. The number of urea groups is 1. The first-order chi connectivity index (χ1) is 13.0. The van der Waals surface area contributed by atoms with Crippen molar-refractivity contribution in [3.05, 3.63) is 60.7 Å². The van der Waals surface area contributed by atoms with Crippen LogP contribution >= 0.6 is 0 Å². The summed E-state index contributed by atoms with van der Waals surface area (Å²) < 4.78 is 0. The molecule has 1 aliphatic heterocycles. The van der Waals surface area contributed by atoms with Crippen LogP contribution in [0.5, 0.6) is 0 Å². The first-order valence-corrected chi connectivity index (χ1v) is 9.25. The second-order valence-corrected chi connectivity index (χ2v) is 6.97. The smallest absolute Gasteiger partial charge is 0.325 e. The molecule has 6 heteroatoms. The van der Waals surface area contributed by atoms with Gasteiger partial charge < -0.3 is 10.2 Å². The Balaban J connectivity index is 1.88. The Hall–Kier alpha value is -2.89. The fourth-order valence-corrected chi connectivity index (χ4v) is 3.94. The van der Waals surface area contributed by atoms with Crippen molar-refractivity contribution in [3.63, 3.8) is 0 Å². The standard InChI is InChI=1S/C21H25N3O3/c1-3-13-23(14-4-2)18(25)15-24-19(26)21(22-20(24)27)12-8-7-10-16-9-5-6-11-17(16)21/h3-6,9,11H,1-2,7-8,10,12-15H2,(H,22,27)/t21-/m0/s1. The molecular formula is C21H25N3O3. The van der Waals surface area contributed by atoms with Gasteiger partial charge in [-0.1, -0.05) is 36.4 Å². The van der Waals surface area contributed by atoms with Crippen molar-refractivity contribution in [3.8, 4) is 0 Å². The molecule has 1 aromatic rings. The Kier molecular flexibility index (Phi) is 5.44. The van der Waals surface area contributed by atoms with Crippen LogP contribution < -0.4 is 5.32 Å². The van der Waals surface area contributed by atoms with Crippen LogP contribution in [0.15, 0.2) is 49.6 Å². The van der Waals surface area contributed by atoms with E-state index in [-0.39, 0.29) is 18.4 Å². The third-order valence-corrected chi connectivity index (χ3v) is 5.25. The second-order valence-electron chi connectivity index (χ2n) is 6.97. The fourth-order valence-electron chi connectivity index (χ4n) is 3.94. The lowest BCUT2D eigenvalue weighted by atomic mass is 9.84. The van der Waals surface area contributed by atoms with Gasteiger partial charge in [-0.15, -0.1) is 13.2 Å². The zero-order valence-corrected chi connectivity index (χ0v) is 15.4. The number of fused-ring (bicyclic) bond motifs is 2. The Morgan fingerprint density at radius 2 is 1.89 bits per heavy atom. The lowest BCUT2D eigenvalue weighted by molar-refractivity contribution is -0.138. The van der Waals surface area contributed by atoms with E-state index in [9.17, 15) is 14.4 Å². The molecule has 27 heavy (non-hydrogen) atoms. The number of rotatable bonds is 6. The van der Waals surface area contributed by atoms with Gasteiger partial charge in [0.25, 0.3) is 5.91 Å². The number of aryl methyl sites for hydroxylation is 1. The van der Waals surface area contributed by atoms with Crippen LogP contribution in [0.1, 0.15) is 30.4 Å². The Morgan fingerprint density at radius 1 is 1.19 bits per heavy atom. The average Bonchev–Trinajstić information content (AvgIpc) is 2.81. The van der Waals surface area contributed by atoms with E-state index in [1.54, 1.807) is 12.2 Å². The van der Waals surface area contributed by atoms with Crippen molar-refractivity contribution in [2.24, 2.45) is 0 Å². The molecule has 1 heterocycles. The Bertz CT molecular complexity index is 779. The highest BCUT2D eigenvalue weighted by atomic mass is 16.2. The zero-order chi connectivity index (χ0) is 19.4. The molecule has 1 atom stereocenters. The predicted molar refractivity (Wildman–Crippen MR) is 103 cm³/mol. The third-order valence-electron chi connectivity index (χ3n) is 5.25. The fraction of sp³-hybridized carbons (Fsp3) is 0.381. The summed E-state index contributed by atoms with van der Waals surface area (Å²) in [7, 11) is 0. The van der Waals surface area contributed by atoms with E-state index < -0.39 is 11.6 Å². The van der Waals surface area contributed by atoms with Gasteiger partial charge in [0.1, 0.15) is 12.1 Å². The number of carbonyl (C=O) groups excluding carboxylic acids is 3. The summed E-state index contributed by atoms with van der Waals surface area (Å²) in [6, 6.07) is 7.23. The SMILES string of the molecule is C=CCN(CC=C)C(=O)CN1C(=O)N[C@]2(CCCCc3ccccc32)C1=O. The minimum absolute atomic E-state index is 0.281. The monoisotopic (exact) mass is 367 g/mol. The lowest BCUT2D eigenvalue weighted by Gasteiger charge is -2.28. The van der Waals surface area contributed by atoms with Gasteiger partial charge >= 0.3 is 6.03 Å². The maximum absolute atomic E-state index is 13.3. The van der Waals surface area contributed by atoms with Crippen molar-refractivity contribution in [1.82, 2.24) is 15.1 Å². The number of hydrogen-bond donors (Lipinski definition) is 1. The molecule has 2 aliphatic rings. The van der Waals surface area contributed by atoms with E-state index in [2.05, 4.69) is 18.5 Å². The lowest BCUT2D eigenvalue weighted by Crippen LogP contribution is -2.46. The van der Waals surface area contributed by atoms with Gasteiger partial charge in [0.15, 0.2) is 0 Å². The summed E-state index contributed by atoms with van der Waals surface area (Å²) in [5.41, 5.74) is 0.869. The number of nitrogens with zero attached hydrogens (tertiary/aromatic N) is 2. The highest BCUT2D eigenvalue weighted by Gasteiger charge is 2.53. The van der Waals surface area contributed by atoms with Gasteiger partial charge in [0.05, 0.1) is 0 Å². The van der Waals surface area contributed by atoms with E-state index in [0.29, 0.717) is 19.5 Å². The summed E-state index contributed by atoms with van der Waals surface area (Å²) in [5, 5.41) is 2.90. The molecule has 0 saturated carbocycles. The summed E-state index contributed by atoms with van der Waals surface area (Å²) in [4.78, 5) is 41.1.